The fourth-order valence-electron chi connectivity index (χ4n) is 5.75. The van der Waals surface area contributed by atoms with Gasteiger partial charge in [-0.25, -0.2) is 13.2 Å². The number of fused-ring (bicyclic) bond motifs is 2. The minimum absolute atomic E-state index is 0.147. The van der Waals surface area contributed by atoms with E-state index in [-0.39, 0.29) is 50.8 Å². The van der Waals surface area contributed by atoms with Gasteiger partial charge in [0.05, 0.1) is 0 Å². The zero-order chi connectivity index (χ0) is 34.4. The Labute approximate surface area is 269 Å². The molecule has 2 aromatic rings. The highest BCUT2D eigenvalue weighted by Crippen LogP contribution is 2.58. The zero-order valence-electron chi connectivity index (χ0n) is 25.6. The van der Waals surface area contributed by atoms with Crippen molar-refractivity contribution in [3.05, 3.63) is 66.8 Å². The third kappa shape index (κ3) is 8.14. The summed E-state index contributed by atoms with van der Waals surface area (Å²) in [6.45, 7) is 13.9. The van der Waals surface area contributed by atoms with E-state index in [1.54, 1.807) is 7.14 Å². The van der Waals surface area contributed by atoms with E-state index in [2.05, 4.69) is 94.8 Å². The topological polar surface area (TPSA) is 66.4 Å². The summed E-state index contributed by atoms with van der Waals surface area (Å²) in [6.07, 6.45) is -12.3. The van der Waals surface area contributed by atoms with E-state index in [0.29, 0.717) is 6.42 Å². The zero-order valence-corrected chi connectivity index (χ0v) is 28.6. The van der Waals surface area contributed by atoms with Crippen molar-refractivity contribution >= 4 is 10.1 Å². The van der Waals surface area contributed by atoms with Crippen LogP contribution >= 0.6 is 0 Å². The van der Waals surface area contributed by atoms with Gasteiger partial charge in [-0.1, -0.05) is 84.4 Å². The number of ether oxygens (including phenoxy) is 1. The van der Waals surface area contributed by atoms with E-state index in [9.17, 15) is 48.1 Å². The lowest BCUT2D eigenvalue weighted by Crippen LogP contribution is -3.62. The molecule has 0 aromatic heterocycles. The molecular weight excluding hydrogens is 747 g/mol. The van der Waals surface area contributed by atoms with Gasteiger partial charge in [-0.2, -0.15) is 35.1 Å². The van der Waals surface area contributed by atoms with Crippen molar-refractivity contribution in [3.63, 3.8) is 0 Å². The number of hydrogen-bond donors (Lipinski definition) is 0. The Morgan fingerprint density at radius 2 is 1.16 bits per heavy atom. The predicted molar refractivity (Wildman–Crippen MR) is 147 cm³/mol. The number of benzene rings is 2. The molecule has 2 saturated carbocycles. The summed E-state index contributed by atoms with van der Waals surface area (Å²) < 4.78 is 142. The van der Waals surface area contributed by atoms with Crippen LogP contribution in [0.5, 0.6) is 0 Å². The highest BCUT2D eigenvalue weighted by Gasteiger charge is 2.74. The van der Waals surface area contributed by atoms with Gasteiger partial charge < -0.3 is 4.55 Å². The summed E-state index contributed by atoms with van der Waals surface area (Å²) in [5, 5.41) is -6.64. The Balaban J connectivity index is 0.000000248. The molecule has 4 rings (SSSR count). The van der Waals surface area contributed by atoms with Gasteiger partial charge in [-0.05, 0) is 54.1 Å². The van der Waals surface area contributed by atoms with E-state index >= 15 is 0 Å². The van der Waals surface area contributed by atoms with Crippen molar-refractivity contribution in [1.29, 1.82) is 0 Å². The van der Waals surface area contributed by atoms with Crippen molar-refractivity contribution in [3.8, 4) is 0 Å². The number of alkyl halides is 8. The smallest absolute Gasteiger partial charge is 0.438 e. The normalized spacial score (nSPS) is 21.4. The van der Waals surface area contributed by atoms with Gasteiger partial charge in [0.25, 0.3) is 0 Å². The molecular formula is C31H37F8IO4S. The van der Waals surface area contributed by atoms with Gasteiger partial charge in [0.15, 0.2) is 17.3 Å². The Morgan fingerprint density at radius 1 is 0.711 bits per heavy atom. The summed E-state index contributed by atoms with van der Waals surface area (Å²) in [6, 6.07) is 18.0. The number of rotatable bonds is 8. The molecule has 2 bridgehead atoms. The summed E-state index contributed by atoms with van der Waals surface area (Å²) in [5.41, 5.74) is 3.43. The second kappa shape index (κ2) is 12.8. The minimum atomic E-state index is -7.14. The van der Waals surface area contributed by atoms with Crippen molar-refractivity contribution in [2.45, 2.75) is 101 Å². The Bertz CT molecular complexity index is 1400. The average molecular weight is 785 g/mol. The molecule has 0 spiro atoms. The van der Waals surface area contributed by atoms with Crippen molar-refractivity contribution < 1.29 is 74.0 Å². The lowest BCUT2D eigenvalue weighted by atomic mass is 9.83. The maximum atomic E-state index is 13.9. The van der Waals surface area contributed by atoms with Crippen LogP contribution in [0.3, 0.4) is 0 Å². The Hall–Kier alpha value is -1.52. The van der Waals surface area contributed by atoms with E-state index in [1.165, 1.54) is 11.1 Å². The Morgan fingerprint density at radius 3 is 1.51 bits per heavy atom. The standard InChI is InChI=1S/C20H26I.C11H12F8O4S/c1-19(2,3)15-11-7-9-13-17(15)21-18-14-10-8-12-16(18)20(4,5)6;12-8(13,7-4-5-1-2-6(7)3-5)9(14,15)23-10(16,17)11(18,19)24(20,21)22/h7-14H,1-6H3;5-7H,1-4H2,(H,20,21,22)/q+1;/p-1. The molecule has 3 unspecified atom stereocenters. The molecule has 2 fully saturated rings. The fraction of sp³-hybridized carbons (Fsp3) is 0.613. The van der Waals surface area contributed by atoms with Crippen LogP contribution < -0.4 is 21.2 Å². The van der Waals surface area contributed by atoms with Gasteiger partial charge in [0.1, 0.15) is 0 Å². The molecule has 0 N–H and O–H groups in total. The van der Waals surface area contributed by atoms with Crippen LogP contribution in [0.1, 0.15) is 78.4 Å². The van der Waals surface area contributed by atoms with E-state index in [0.717, 1.165) is 0 Å². The van der Waals surface area contributed by atoms with Crippen LogP contribution in [0.25, 0.3) is 0 Å². The fourth-order valence-corrected chi connectivity index (χ4v) is 10.0. The van der Waals surface area contributed by atoms with Crippen molar-refractivity contribution in [2.24, 2.45) is 17.8 Å². The second-order valence-electron chi connectivity index (χ2n) is 13.6. The molecule has 0 amide bonds. The molecule has 0 radical (unpaired) electrons. The number of hydrogen-bond acceptors (Lipinski definition) is 4. The molecule has 2 aliphatic carbocycles. The first-order valence-electron chi connectivity index (χ1n) is 14.2. The first kappa shape index (κ1) is 37.9. The van der Waals surface area contributed by atoms with E-state index in [4.69, 9.17) is 0 Å². The number of halogens is 9. The van der Waals surface area contributed by atoms with Crippen LogP contribution in [-0.4, -0.2) is 36.4 Å². The molecule has 254 valence electrons. The van der Waals surface area contributed by atoms with E-state index < -0.39 is 51.8 Å². The molecule has 0 heterocycles. The maximum absolute atomic E-state index is 13.9. The second-order valence-corrected chi connectivity index (χ2v) is 17.8. The van der Waals surface area contributed by atoms with Gasteiger partial charge in [-0.15, -0.1) is 0 Å². The van der Waals surface area contributed by atoms with Crippen LogP contribution in [-0.2, 0) is 25.7 Å². The van der Waals surface area contributed by atoms with Crippen molar-refractivity contribution in [2.75, 3.05) is 0 Å². The highest BCUT2D eigenvalue weighted by molar-refractivity contribution is 7.86. The van der Waals surface area contributed by atoms with Crippen LogP contribution in [0.2, 0.25) is 0 Å². The third-order valence-electron chi connectivity index (χ3n) is 8.07. The molecule has 2 aromatic carbocycles. The monoisotopic (exact) mass is 784 g/mol. The Kier molecular flexibility index (Phi) is 10.8. The molecule has 4 nitrogen and oxygen atoms in total. The SMILES string of the molecule is CC(C)(C)c1ccccc1[I+]c1ccccc1C(C)(C)C.O=S(=O)([O-])C(F)(F)C(F)(F)OC(F)(F)C(F)(F)C1CC2CCC1C2. The van der Waals surface area contributed by atoms with Crippen LogP contribution in [0.15, 0.2) is 48.5 Å². The molecule has 0 aliphatic heterocycles. The van der Waals surface area contributed by atoms with Crippen LogP contribution in [0.4, 0.5) is 35.1 Å². The van der Waals surface area contributed by atoms with Gasteiger partial charge in [-0.3, -0.25) is 0 Å². The molecule has 0 saturated heterocycles. The third-order valence-corrected chi connectivity index (χ3v) is 12.0. The summed E-state index contributed by atoms with van der Waals surface area (Å²) in [4.78, 5) is 0. The molecule has 14 heteroatoms. The lowest BCUT2D eigenvalue weighted by Gasteiger charge is -2.37. The van der Waals surface area contributed by atoms with Gasteiger partial charge >= 0.3 is 44.6 Å². The first-order valence-corrected chi connectivity index (χ1v) is 17.8. The predicted octanol–water partition coefficient (Wildman–Crippen LogP) is 5.81. The summed E-state index contributed by atoms with van der Waals surface area (Å²) >= 11 is -0.147. The van der Waals surface area contributed by atoms with Crippen molar-refractivity contribution in [1.82, 2.24) is 0 Å². The molecule has 3 atom stereocenters. The van der Waals surface area contributed by atoms with Crippen LogP contribution in [0, 0.1) is 24.9 Å². The maximum Gasteiger partial charge on any atom is 0.438 e. The quantitative estimate of drug-likeness (QED) is 0.193. The average Bonchev–Trinajstić information content (AvgIpc) is 3.51. The molecule has 2 aliphatic rings. The molecule has 45 heavy (non-hydrogen) atoms. The first-order chi connectivity index (χ1) is 20.2. The largest absolute Gasteiger partial charge is 0.743 e. The highest BCUT2D eigenvalue weighted by atomic mass is 127. The summed E-state index contributed by atoms with van der Waals surface area (Å²) in [7, 11) is -7.14. The van der Waals surface area contributed by atoms with Gasteiger partial charge in [0.2, 0.25) is 0 Å². The van der Waals surface area contributed by atoms with E-state index in [1.807, 2.05) is 0 Å². The lowest BCUT2D eigenvalue weighted by molar-refractivity contribution is -0.599. The van der Waals surface area contributed by atoms with Gasteiger partial charge in [0, 0.05) is 17.0 Å². The minimum Gasteiger partial charge on any atom is -0.743 e. The summed E-state index contributed by atoms with van der Waals surface area (Å²) in [5.74, 6) is -8.51.